The van der Waals surface area contributed by atoms with E-state index in [2.05, 4.69) is 40.9 Å². The molecule has 0 aromatic heterocycles. The summed E-state index contributed by atoms with van der Waals surface area (Å²) in [6, 6.07) is 8.23. The van der Waals surface area contributed by atoms with E-state index in [1.54, 1.807) is 0 Å². The Labute approximate surface area is 129 Å². The van der Waals surface area contributed by atoms with Gasteiger partial charge in [0.2, 0.25) is 0 Å². The Morgan fingerprint density at radius 1 is 1.00 bits per heavy atom. The summed E-state index contributed by atoms with van der Waals surface area (Å²) in [5.41, 5.74) is 8.22. The maximum absolute atomic E-state index is 5.99. The summed E-state index contributed by atoms with van der Waals surface area (Å²) in [6.45, 7) is 8.38. The molecule has 0 aliphatic carbocycles. The van der Waals surface area contributed by atoms with Gasteiger partial charge < -0.3 is 15.5 Å². The van der Waals surface area contributed by atoms with Gasteiger partial charge in [0, 0.05) is 45.0 Å². The molecule has 1 heterocycles. The fourth-order valence-corrected chi connectivity index (χ4v) is 2.83. The average Bonchev–Trinajstić information content (AvgIpc) is 2.48. The van der Waals surface area contributed by atoms with Gasteiger partial charge in [0.25, 0.3) is 0 Å². The number of para-hydroxylation sites is 1. The van der Waals surface area contributed by atoms with E-state index in [0.29, 0.717) is 0 Å². The van der Waals surface area contributed by atoms with Crippen LogP contribution in [0.25, 0.3) is 0 Å². The van der Waals surface area contributed by atoms with Crippen LogP contribution in [-0.2, 0) is 6.42 Å². The zero-order chi connectivity index (χ0) is 15.1. The predicted octanol–water partition coefficient (Wildman–Crippen LogP) is 1.38. The van der Waals surface area contributed by atoms with Crippen molar-refractivity contribution in [3.63, 3.8) is 0 Å². The summed E-state index contributed by atoms with van der Waals surface area (Å²) in [7, 11) is 4.29. The standard InChI is InChI=1S/C17H30N4/c1-19(2)10-11-21-14-12-20(13-15-21)9-5-7-16-6-3-4-8-17(16)18/h3-4,6,8H,5,7,9-15,18H2,1-2H3. The summed E-state index contributed by atoms with van der Waals surface area (Å²) in [4.78, 5) is 7.42. The molecule has 4 heteroatoms. The zero-order valence-corrected chi connectivity index (χ0v) is 13.6. The Hall–Kier alpha value is -1.10. The summed E-state index contributed by atoms with van der Waals surface area (Å²) in [5.74, 6) is 0. The van der Waals surface area contributed by atoms with Gasteiger partial charge in [0.1, 0.15) is 0 Å². The minimum absolute atomic E-state index is 0.936. The molecule has 0 radical (unpaired) electrons. The first-order valence-electron chi connectivity index (χ1n) is 8.08. The maximum Gasteiger partial charge on any atom is 0.0346 e. The Bertz CT molecular complexity index is 411. The lowest BCUT2D eigenvalue weighted by atomic mass is 10.1. The van der Waals surface area contributed by atoms with Gasteiger partial charge in [-0.2, -0.15) is 0 Å². The van der Waals surface area contributed by atoms with Crippen LogP contribution in [0.5, 0.6) is 0 Å². The van der Waals surface area contributed by atoms with Crippen molar-refractivity contribution >= 4 is 5.69 Å². The van der Waals surface area contributed by atoms with Gasteiger partial charge in [-0.05, 0) is 45.1 Å². The number of likely N-dealkylation sites (N-methyl/N-ethyl adjacent to an activating group) is 1. The molecule has 1 aromatic carbocycles. The summed E-state index contributed by atoms with van der Waals surface area (Å²) < 4.78 is 0. The van der Waals surface area contributed by atoms with E-state index < -0.39 is 0 Å². The van der Waals surface area contributed by atoms with Gasteiger partial charge in [-0.25, -0.2) is 0 Å². The third-order valence-electron chi connectivity index (χ3n) is 4.30. The second-order valence-electron chi connectivity index (χ2n) is 6.29. The van der Waals surface area contributed by atoms with Crippen LogP contribution in [0.4, 0.5) is 5.69 Å². The molecule has 0 saturated carbocycles. The molecule has 1 saturated heterocycles. The molecule has 0 unspecified atom stereocenters. The molecule has 1 aliphatic heterocycles. The Balaban J connectivity index is 1.62. The van der Waals surface area contributed by atoms with E-state index in [1.807, 2.05) is 12.1 Å². The van der Waals surface area contributed by atoms with E-state index >= 15 is 0 Å². The normalized spacial score (nSPS) is 17.5. The fraction of sp³-hybridized carbons (Fsp3) is 0.647. The van der Waals surface area contributed by atoms with Crippen LogP contribution in [0.2, 0.25) is 0 Å². The van der Waals surface area contributed by atoms with Gasteiger partial charge in [-0.15, -0.1) is 0 Å². The number of nitrogen functional groups attached to an aromatic ring is 1. The molecule has 2 N–H and O–H groups in total. The van der Waals surface area contributed by atoms with Crippen molar-refractivity contribution < 1.29 is 0 Å². The van der Waals surface area contributed by atoms with Crippen LogP contribution in [0.15, 0.2) is 24.3 Å². The third-order valence-corrected chi connectivity index (χ3v) is 4.30. The van der Waals surface area contributed by atoms with Crippen molar-refractivity contribution in [1.82, 2.24) is 14.7 Å². The molecular formula is C17H30N4. The van der Waals surface area contributed by atoms with Crippen LogP contribution in [0, 0.1) is 0 Å². The van der Waals surface area contributed by atoms with Crippen LogP contribution in [0.1, 0.15) is 12.0 Å². The maximum atomic E-state index is 5.99. The number of nitrogens with zero attached hydrogens (tertiary/aromatic N) is 3. The van der Waals surface area contributed by atoms with Crippen LogP contribution in [0.3, 0.4) is 0 Å². The lowest BCUT2D eigenvalue weighted by Crippen LogP contribution is -2.48. The highest BCUT2D eigenvalue weighted by atomic mass is 15.3. The molecule has 1 aliphatic rings. The first-order valence-corrected chi connectivity index (χ1v) is 8.08. The smallest absolute Gasteiger partial charge is 0.0346 e. The number of anilines is 1. The molecule has 0 spiro atoms. The van der Waals surface area contributed by atoms with E-state index in [4.69, 9.17) is 5.73 Å². The van der Waals surface area contributed by atoms with Crippen LogP contribution >= 0.6 is 0 Å². The van der Waals surface area contributed by atoms with Crippen molar-refractivity contribution in [3.8, 4) is 0 Å². The highest BCUT2D eigenvalue weighted by Crippen LogP contribution is 2.13. The molecule has 21 heavy (non-hydrogen) atoms. The molecule has 4 nitrogen and oxygen atoms in total. The topological polar surface area (TPSA) is 35.7 Å². The van der Waals surface area contributed by atoms with Crippen LogP contribution < -0.4 is 5.73 Å². The molecule has 0 bridgehead atoms. The summed E-state index contributed by atoms with van der Waals surface area (Å²) in [5, 5.41) is 0. The van der Waals surface area contributed by atoms with Crippen molar-refractivity contribution in [2.45, 2.75) is 12.8 Å². The molecule has 2 rings (SSSR count). The third kappa shape index (κ3) is 5.65. The molecular weight excluding hydrogens is 260 g/mol. The van der Waals surface area contributed by atoms with Crippen molar-refractivity contribution in [2.24, 2.45) is 0 Å². The monoisotopic (exact) mass is 290 g/mol. The minimum atomic E-state index is 0.936. The number of piperazine rings is 1. The van der Waals surface area contributed by atoms with E-state index in [9.17, 15) is 0 Å². The van der Waals surface area contributed by atoms with Gasteiger partial charge in [0.05, 0.1) is 0 Å². The van der Waals surface area contributed by atoms with Crippen LogP contribution in [-0.4, -0.2) is 74.6 Å². The predicted molar refractivity (Wildman–Crippen MR) is 90.6 cm³/mol. The quantitative estimate of drug-likeness (QED) is 0.770. The summed E-state index contributed by atoms with van der Waals surface area (Å²) in [6.07, 6.45) is 2.29. The summed E-state index contributed by atoms with van der Waals surface area (Å²) >= 11 is 0. The molecule has 1 fully saturated rings. The average molecular weight is 290 g/mol. The second kappa shape index (κ2) is 8.37. The van der Waals surface area contributed by atoms with Crippen molar-refractivity contribution in [3.05, 3.63) is 29.8 Å². The Morgan fingerprint density at radius 2 is 1.62 bits per heavy atom. The first kappa shape index (κ1) is 16.3. The number of aryl methyl sites for hydroxylation is 1. The minimum Gasteiger partial charge on any atom is -0.399 e. The number of rotatable bonds is 7. The molecule has 0 amide bonds. The lowest BCUT2D eigenvalue weighted by molar-refractivity contribution is 0.124. The van der Waals surface area contributed by atoms with Crippen molar-refractivity contribution in [1.29, 1.82) is 0 Å². The number of hydrogen-bond acceptors (Lipinski definition) is 4. The van der Waals surface area contributed by atoms with Gasteiger partial charge in [-0.1, -0.05) is 18.2 Å². The number of hydrogen-bond donors (Lipinski definition) is 1. The largest absolute Gasteiger partial charge is 0.399 e. The first-order chi connectivity index (χ1) is 10.1. The highest BCUT2D eigenvalue weighted by Gasteiger charge is 2.16. The van der Waals surface area contributed by atoms with Gasteiger partial charge >= 0.3 is 0 Å². The van der Waals surface area contributed by atoms with Gasteiger partial charge in [-0.3, -0.25) is 4.90 Å². The van der Waals surface area contributed by atoms with E-state index in [1.165, 1.54) is 51.3 Å². The van der Waals surface area contributed by atoms with E-state index in [-0.39, 0.29) is 0 Å². The number of nitrogens with two attached hydrogens (primary N) is 1. The molecule has 1 aromatic rings. The molecule has 0 atom stereocenters. The molecule has 118 valence electrons. The fourth-order valence-electron chi connectivity index (χ4n) is 2.83. The van der Waals surface area contributed by atoms with E-state index in [0.717, 1.165) is 18.7 Å². The highest BCUT2D eigenvalue weighted by molar-refractivity contribution is 5.46. The van der Waals surface area contributed by atoms with Gasteiger partial charge in [0.15, 0.2) is 0 Å². The zero-order valence-electron chi connectivity index (χ0n) is 13.6. The lowest BCUT2D eigenvalue weighted by Gasteiger charge is -2.35. The second-order valence-corrected chi connectivity index (χ2v) is 6.29. The van der Waals surface area contributed by atoms with Crippen molar-refractivity contribution in [2.75, 3.05) is 65.6 Å². The Kier molecular flexibility index (Phi) is 6.49. The number of benzene rings is 1. The SMILES string of the molecule is CN(C)CCN1CCN(CCCc2ccccc2N)CC1. The Morgan fingerprint density at radius 3 is 2.24 bits per heavy atom.